The van der Waals surface area contributed by atoms with Gasteiger partial charge in [-0.3, -0.25) is 11.3 Å². The fraction of sp³-hybridized carbons (Fsp3) is 0.200. The highest BCUT2D eigenvalue weighted by atomic mass is 79.9. The summed E-state index contributed by atoms with van der Waals surface area (Å²) < 4.78 is 32.3. The van der Waals surface area contributed by atoms with E-state index in [4.69, 9.17) is 10.6 Å². The zero-order chi connectivity index (χ0) is 15.4. The molecule has 0 aliphatic carbocycles. The Hall–Kier alpha value is -1.50. The molecule has 0 spiro atoms. The van der Waals surface area contributed by atoms with Crippen molar-refractivity contribution in [1.29, 1.82) is 0 Å². The van der Waals surface area contributed by atoms with E-state index >= 15 is 0 Å². The van der Waals surface area contributed by atoms with Crippen molar-refractivity contribution in [2.24, 2.45) is 5.84 Å². The first kappa shape index (κ1) is 15.9. The number of benzene rings is 2. The van der Waals surface area contributed by atoms with Gasteiger partial charge in [0.05, 0.1) is 17.6 Å². The second-order valence-electron chi connectivity index (χ2n) is 4.53. The van der Waals surface area contributed by atoms with E-state index in [1.807, 2.05) is 0 Å². The third-order valence-corrected chi connectivity index (χ3v) is 4.12. The molecule has 2 aromatic carbocycles. The first-order chi connectivity index (χ1) is 10.1. The van der Waals surface area contributed by atoms with E-state index in [-0.39, 0.29) is 17.6 Å². The zero-order valence-corrected chi connectivity index (χ0v) is 13.0. The maximum absolute atomic E-state index is 13.5. The molecule has 1 unspecified atom stereocenters. The van der Waals surface area contributed by atoms with Crippen molar-refractivity contribution in [2.45, 2.75) is 12.5 Å². The Balaban J connectivity index is 2.30. The smallest absolute Gasteiger partial charge is 0.165 e. The van der Waals surface area contributed by atoms with E-state index in [1.165, 1.54) is 19.2 Å². The Kier molecular flexibility index (Phi) is 5.27. The molecule has 0 amide bonds. The molecule has 0 heterocycles. The topological polar surface area (TPSA) is 47.3 Å². The first-order valence-electron chi connectivity index (χ1n) is 6.29. The van der Waals surface area contributed by atoms with Crippen LogP contribution in [0.3, 0.4) is 0 Å². The van der Waals surface area contributed by atoms with Gasteiger partial charge in [0.1, 0.15) is 5.82 Å². The highest BCUT2D eigenvalue weighted by molar-refractivity contribution is 9.10. The molecule has 0 aromatic heterocycles. The molecule has 2 rings (SSSR count). The Morgan fingerprint density at radius 3 is 2.67 bits per heavy atom. The van der Waals surface area contributed by atoms with E-state index in [0.717, 1.165) is 11.1 Å². The standard InChI is InChI=1S/C15H15BrF2N2O/c1-21-14-8-9(5-6-11(14)17)13(20-19)7-10-3-2-4-12(18)15(10)16/h2-6,8,13,20H,7,19H2,1H3. The molecular weight excluding hydrogens is 342 g/mol. The minimum Gasteiger partial charge on any atom is -0.494 e. The first-order valence-corrected chi connectivity index (χ1v) is 7.08. The van der Waals surface area contributed by atoms with Crippen LogP contribution < -0.4 is 16.0 Å². The fourth-order valence-corrected chi connectivity index (χ4v) is 2.52. The summed E-state index contributed by atoms with van der Waals surface area (Å²) in [6, 6.07) is 9.03. The number of methoxy groups -OCH3 is 1. The summed E-state index contributed by atoms with van der Waals surface area (Å²) in [6.07, 6.45) is 0.448. The van der Waals surface area contributed by atoms with Crippen LogP contribution in [-0.2, 0) is 6.42 Å². The molecule has 3 N–H and O–H groups in total. The van der Waals surface area contributed by atoms with Crippen molar-refractivity contribution >= 4 is 15.9 Å². The van der Waals surface area contributed by atoms with Gasteiger partial charge in [0, 0.05) is 0 Å². The van der Waals surface area contributed by atoms with Crippen molar-refractivity contribution in [1.82, 2.24) is 5.43 Å². The molecule has 0 saturated carbocycles. The Bertz CT molecular complexity index is 637. The van der Waals surface area contributed by atoms with E-state index in [2.05, 4.69) is 21.4 Å². The second kappa shape index (κ2) is 6.98. The van der Waals surface area contributed by atoms with Crippen LogP contribution in [0.25, 0.3) is 0 Å². The summed E-state index contributed by atoms with van der Waals surface area (Å²) in [6.45, 7) is 0. The lowest BCUT2D eigenvalue weighted by molar-refractivity contribution is 0.384. The number of hydrazine groups is 1. The molecule has 0 bridgehead atoms. The van der Waals surface area contributed by atoms with E-state index in [1.54, 1.807) is 24.3 Å². The minimum absolute atomic E-state index is 0.144. The summed E-state index contributed by atoms with van der Waals surface area (Å²) in [5.41, 5.74) is 4.18. The summed E-state index contributed by atoms with van der Waals surface area (Å²) in [5, 5.41) is 0. The highest BCUT2D eigenvalue weighted by Crippen LogP contribution is 2.28. The molecule has 6 heteroatoms. The predicted molar refractivity (Wildman–Crippen MR) is 80.8 cm³/mol. The quantitative estimate of drug-likeness (QED) is 0.636. The minimum atomic E-state index is -0.441. The largest absolute Gasteiger partial charge is 0.494 e. The predicted octanol–water partition coefficient (Wildman–Crippen LogP) is 3.48. The van der Waals surface area contributed by atoms with E-state index in [0.29, 0.717) is 10.9 Å². The molecule has 21 heavy (non-hydrogen) atoms. The van der Waals surface area contributed by atoms with Gasteiger partial charge in [-0.25, -0.2) is 8.78 Å². The fourth-order valence-electron chi connectivity index (χ4n) is 2.09. The average molecular weight is 357 g/mol. The normalized spacial score (nSPS) is 12.2. The highest BCUT2D eigenvalue weighted by Gasteiger charge is 2.16. The van der Waals surface area contributed by atoms with Crippen LogP contribution in [0, 0.1) is 11.6 Å². The number of halogens is 3. The van der Waals surface area contributed by atoms with Gasteiger partial charge < -0.3 is 4.74 Å². The number of rotatable bonds is 5. The van der Waals surface area contributed by atoms with Gasteiger partial charge in [-0.05, 0) is 51.7 Å². The number of nitrogens with one attached hydrogen (secondary N) is 1. The van der Waals surface area contributed by atoms with Crippen molar-refractivity contribution in [3.05, 3.63) is 63.6 Å². The average Bonchev–Trinajstić information content (AvgIpc) is 2.49. The zero-order valence-electron chi connectivity index (χ0n) is 11.4. The molecule has 0 radical (unpaired) electrons. The maximum Gasteiger partial charge on any atom is 0.165 e. The van der Waals surface area contributed by atoms with Gasteiger partial charge in [-0.2, -0.15) is 0 Å². The third-order valence-electron chi connectivity index (χ3n) is 3.23. The van der Waals surface area contributed by atoms with Crippen molar-refractivity contribution in [2.75, 3.05) is 7.11 Å². The molecule has 1 atom stereocenters. The van der Waals surface area contributed by atoms with Crippen LogP contribution in [0.1, 0.15) is 17.2 Å². The number of nitrogens with two attached hydrogens (primary N) is 1. The van der Waals surface area contributed by atoms with Gasteiger partial charge >= 0.3 is 0 Å². The molecule has 0 aliphatic heterocycles. The van der Waals surface area contributed by atoms with Crippen molar-refractivity contribution in [3.63, 3.8) is 0 Å². The van der Waals surface area contributed by atoms with Crippen LogP contribution in [0.15, 0.2) is 40.9 Å². The Labute approximate surface area is 130 Å². The van der Waals surface area contributed by atoms with Crippen molar-refractivity contribution in [3.8, 4) is 5.75 Å². The molecule has 0 aliphatic rings. The maximum atomic E-state index is 13.5. The summed E-state index contributed by atoms with van der Waals surface area (Å²) in [7, 11) is 1.40. The lowest BCUT2D eigenvalue weighted by Crippen LogP contribution is -2.29. The number of hydrogen-bond acceptors (Lipinski definition) is 3. The molecule has 2 aromatic rings. The van der Waals surface area contributed by atoms with Crippen LogP contribution in [0.2, 0.25) is 0 Å². The van der Waals surface area contributed by atoms with Crippen LogP contribution in [0.4, 0.5) is 8.78 Å². The van der Waals surface area contributed by atoms with Gasteiger partial charge in [0.25, 0.3) is 0 Å². The summed E-state index contributed by atoms with van der Waals surface area (Å²) in [5.74, 6) is 4.95. The molecule has 3 nitrogen and oxygen atoms in total. The van der Waals surface area contributed by atoms with Crippen molar-refractivity contribution < 1.29 is 13.5 Å². The SMILES string of the molecule is COc1cc(C(Cc2cccc(F)c2Br)NN)ccc1F. The van der Waals surface area contributed by atoms with Gasteiger partial charge in [0.2, 0.25) is 0 Å². The number of hydrogen-bond donors (Lipinski definition) is 2. The molecule has 112 valence electrons. The van der Waals surface area contributed by atoms with E-state index in [9.17, 15) is 8.78 Å². The summed E-state index contributed by atoms with van der Waals surface area (Å²) in [4.78, 5) is 0. The molecule has 0 saturated heterocycles. The van der Waals surface area contributed by atoms with Gasteiger partial charge in [-0.1, -0.05) is 18.2 Å². The summed E-state index contributed by atoms with van der Waals surface area (Å²) >= 11 is 3.22. The van der Waals surface area contributed by atoms with Gasteiger partial charge in [-0.15, -0.1) is 0 Å². The lowest BCUT2D eigenvalue weighted by atomic mass is 9.99. The molecular formula is C15H15BrF2N2O. The lowest BCUT2D eigenvalue weighted by Gasteiger charge is -2.18. The monoisotopic (exact) mass is 356 g/mol. The van der Waals surface area contributed by atoms with Crippen LogP contribution in [-0.4, -0.2) is 7.11 Å². The number of ether oxygens (including phenoxy) is 1. The second-order valence-corrected chi connectivity index (χ2v) is 5.32. The van der Waals surface area contributed by atoms with Crippen LogP contribution in [0.5, 0.6) is 5.75 Å². The van der Waals surface area contributed by atoms with E-state index < -0.39 is 5.82 Å². The third kappa shape index (κ3) is 3.58. The van der Waals surface area contributed by atoms with Crippen LogP contribution >= 0.6 is 15.9 Å². The Morgan fingerprint density at radius 2 is 2.00 bits per heavy atom. The van der Waals surface area contributed by atoms with Gasteiger partial charge in [0.15, 0.2) is 11.6 Å². The Morgan fingerprint density at radius 1 is 1.24 bits per heavy atom. The molecule has 0 fully saturated rings.